The van der Waals surface area contributed by atoms with Gasteiger partial charge in [-0.1, -0.05) is 51.2 Å². The van der Waals surface area contributed by atoms with E-state index in [4.69, 9.17) is 0 Å². The van der Waals surface area contributed by atoms with Gasteiger partial charge in [0.15, 0.2) is 4.34 Å². The van der Waals surface area contributed by atoms with Crippen molar-refractivity contribution in [2.45, 2.75) is 17.0 Å². The van der Waals surface area contributed by atoms with Crippen molar-refractivity contribution in [3.63, 3.8) is 0 Å². The molecule has 6 heteroatoms. The zero-order valence-corrected chi connectivity index (χ0v) is 12.5. The van der Waals surface area contributed by atoms with Crippen LogP contribution in [0, 0.1) is 0 Å². The average molecular weight is 330 g/mol. The molecule has 0 saturated heterocycles. The smallest absolute Gasteiger partial charge is 0.206 e. The Morgan fingerprint density at radius 2 is 2.29 bits per heavy atom. The van der Waals surface area contributed by atoms with Crippen LogP contribution in [0.2, 0.25) is 0 Å². The van der Waals surface area contributed by atoms with E-state index in [9.17, 15) is 0 Å². The number of hydrogen-bond acceptors (Lipinski definition) is 5. The fraction of sp³-hybridized carbons (Fsp3) is 0.273. The number of halogens is 1. The van der Waals surface area contributed by atoms with E-state index in [2.05, 4.69) is 50.5 Å². The van der Waals surface area contributed by atoms with Gasteiger partial charge in [-0.25, -0.2) is 0 Å². The molecule has 1 aromatic heterocycles. The molecule has 2 aromatic rings. The van der Waals surface area contributed by atoms with Crippen molar-refractivity contribution < 1.29 is 0 Å². The lowest BCUT2D eigenvalue weighted by Gasteiger charge is -1.98. The Bertz CT molecular complexity index is 487. The summed E-state index contributed by atoms with van der Waals surface area (Å²) in [6.07, 6.45) is 0. The predicted molar refractivity (Wildman–Crippen MR) is 77.8 cm³/mol. The SMILES string of the molecule is CCNc1nnc(SCc2cccc(Br)c2)s1. The third kappa shape index (κ3) is 3.97. The highest BCUT2D eigenvalue weighted by atomic mass is 79.9. The van der Waals surface area contributed by atoms with Gasteiger partial charge in [0.25, 0.3) is 0 Å². The minimum atomic E-state index is 0.880. The van der Waals surface area contributed by atoms with Gasteiger partial charge >= 0.3 is 0 Å². The van der Waals surface area contributed by atoms with Crippen molar-refractivity contribution in [2.24, 2.45) is 0 Å². The van der Waals surface area contributed by atoms with Crippen LogP contribution < -0.4 is 5.32 Å². The zero-order valence-electron chi connectivity index (χ0n) is 9.31. The van der Waals surface area contributed by atoms with Crippen LogP contribution >= 0.6 is 39.0 Å². The molecule has 0 saturated carbocycles. The van der Waals surface area contributed by atoms with Crippen molar-refractivity contribution in [3.05, 3.63) is 34.3 Å². The first-order valence-electron chi connectivity index (χ1n) is 5.22. The molecule has 1 heterocycles. The number of anilines is 1. The van der Waals surface area contributed by atoms with E-state index < -0.39 is 0 Å². The first-order valence-corrected chi connectivity index (χ1v) is 7.82. The molecular weight excluding hydrogens is 318 g/mol. The van der Waals surface area contributed by atoms with Crippen LogP contribution in [0.5, 0.6) is 0 Å². The van der Waals surface area contributed by atoms with Crippen molar-refractivity contribution in [1.29, 1.82) is 0 Å². The Kier molecular flexibility index (Phi) is 4.82. The predicted octanol–water partition coefficient (Wildman–Crippen LogP) is 4.02. The van der Waals surface area contributed by atoms with E-state index in [1.54, 1.807) is 23.1 Å². The van der Waals surface area contributed by atoms with Crippen molar-refractivity contribution in [1.82, 2.24) is 10.2 Å². The van der Waals surface area contributed by atoms with Crippen LogP contribution in [-0.4, -0.2) is 16.7 Å². The van der Waals surface area contributed by atoms with Crippen molar-refractivity contribution >= 4 is 44.2 Å². The standard InChI is InChI=1S/C11H12BrN3S2/c1-2-13-10-14-15-11(17-10)16-7-8-4-3-5-9(12)6-8/h3-6H,2,7H2,1H3,(H,13,14). The Morgan fingerprint density at radius 3 is 3.06 bits per heavy atom. The summed E-state index contributed by atoms with van der Waals surface area (Å²) in [7, 11) is 0. The summed E-state index contributed by atoms with van der Waals surface area (Å²) in [6.45, 7) is 2.93. The van der Waals surface area contributed by atoms with E-state index in [-0.39, 0.29) is 0 Å². The van der Waals surface area contributed by atoms with Gasteiger partial charge in [0.05, 0.1) is 0 Å². The molecule has 0 aliphatic carbocycles. The molecule has 0 unspecified atom stereocenters. The van der Waals surface area contributed by atoms with Crippen molar-refractivity contribution in [2.75, 3.05) is 11.9 Å². The first kappa shape index (κ1) is 12.9. The second-order valence-corrected chi connectivity index (χ2v) is 6.44. The molecule has 1 N–H and O–H groups in total. The number of nitrogens with one attached hydrogen (secondary N) is 1. The van der Waals surface area contributed by atoms with Crippen molar-refractivity contribution in [3.8, 4) is 0 Å². The fourth-order valence-corrected chi connectivity index (χ4v) is 3.47. The van der Waals surface area contributed by atoms with E-state index in [0.29, 0.717) is 0 Å². The average Bonchev–Trinajstić information content (AvgIpc) is 2.75. The minimum absolute atomic E-state index is 0.880. The highest BCUT2D eigenvalue weighted by Gasteiger charge is 2.04. The third-order valence-electron chi connectivity index (χ3n) is 1.99. The van der Waals surface area contributed by atoms with Gasteiger partial charge in [0.1, 0.15) is 0 Å². The first-order chi connectivity index (χ1) is 8.28. The molecule has 0 atom stereocenters. The van der Waals surface area contributed by atoms with Gasteiger partial charge in [-0.2, -0.15) is 0 Å². The number of nitrogens with zero attached hydrogens (tertiary/aromatic N) is 2. The van der Waals surface area contributed by atoms with Gasteiger partial charge < -0.3 is 5.32 Å². The number of rotatable bonds is 5. The summed E-state index contributed by atoms with van der Waals surface area (Å²) in [6, 6.07) is 8.32. The van der Waals surface area contributed by atoms with Crippen LogP contribution in [0.15, 0.2) is 33.1 Å². The molecule has 0 amide bonds. The topological polar surface area (TPSA) is 37.8 Å². The molecule has 0 spiro atoms. The number of hydrogen-bond donors (Lipinski definition) is 1. The van der Waals surface area contributed by atoms with Crippen LogP contribution in [-0.2, 0) is 5.75 Å². The maximum absolute atomic E-state index is 4.13. The lowest BCUT2D eigenvalue weighted by Crippen LogP contribution is -1.94. The van der Waals surface area contributed by atoms with Crippen LogP contribution in [0.3, 0.4) is 0 Å². The Labute approximate surface area is 117 Å². The number of benzene rings is 1. The number of thioether (sulfide) groups is 1. The molecule has 0 radical (unpaired) electrons. The molecule has 0 aliphatic rings. The zero-order chi connectivity index (χ0) is 12.1. The van der Waals surface area contributed by atoms with Crippen LogP contribution in [0.1, 0.15) is 12.5 Å². The lowest BCUT2D eigenvalue weighted by molar-refractivity contribution is 1.00. The van der Waals surface area contributed by atoms with E-state index >= 15 is 0 Å². The summed E-state index contributed by atoms with van der Waals surface area (Å²) in [4.78, 5) is 0. The summed E-state index contributed by atoms with van der Waals surface area (Å²) in [5.74, 6) is 0.917. The Morgan fingerprint density at radius 1 is 1.41 bits per heavy atom. The summed E-state index contributed by atoms with van der Waals surface area (Å²) >= 11 is 6.78. The summed E-state index contributed by atoms with van der Waals surface area (Å²) in [5.41, 5.74) is 1.28. The van der Waals surface area contributed by atoms with Gasteiger partial charge in [0, 0.05) is 16.8 Å². The highest BCUT2D eigenvalue weighted by molar-refractivity contribution is 9.10. The largest absolute Gasteiger partial charge is 0.360 e. The summed E-state index contributed by atoms with van der Waals surface area (Å²) < 4.78 is 2.11. The minimum Gasteiger partial charge on any atom is -0.360 e. The maximum Gasteiger partial charge on any atom is 0.206 e. The van der Waals surface area contributed by atoms with Crippen LogP contribution in [0.25, 0.3) is 0 Å². The molecule has 17 heavy (non-hydrogen) atoms. The third-order valence-corrected chi connectivity index (χ3v) is 4.56. The molecule has 90 valence electrons. The molecule has 3 nitrogen and oxygen atoms in total. The Balaban J connectivity index is 1.93. The van der Waals surface area contributed by atoms with E-state index in [1.807, 2.05) is 12.1 Å². The maximum atomic E-state index is 4.13. The highest BCUT2D eigenvalue weighted by Crippen LogP contribution is 2.28. The second-order valence-electron chi connectivity index (χ2n) is 3.32. The normalized spacial score (nSPS) is 10.5. The molecule has 0 bridgehead atoms. The molecule has 0 aliphatic heterocycles. The summed E-state index contributed by atoms with van der Waals surface area (Å²) in [5, 5.41) is 12.2. The quantitative estimate of drug-likeness (QED) is 0.840. The Hall–Kier alpha value is -0.590. The van der Waals surface area contributed by atoms with Gasteiger partial charge in [-0.15, -0.1) is 10.2 Å². The fourth-order valence-electron chi connectivity index (χ4n) is 1.26. The van der Waals surface area contributed by atoms with Crippen LogP contribution in [0.4, 0.5) is 5.13 Å². The second kappa shape index (κ2) is 6.37. The van der Waals surface area contributed by atoms with E-state index in [0.717, 1.165) is 26.2 Å². The monoisotopic (exact) mass is 329 g/mol. The molecule has 2 rings (SSSR count). The van der Waals surface area contributed by atoms with Gasteiger partial charge in [0.2, 0.25) is 5.13 Å². The molecule has 1 aromatic carbocycles. The van der Waals surface area contributed by atoms with Gasteiger partial charge in [-0.05, 0) is 24.6 Å². The van der Waals surface area contributed by atoms with Gasteiger partial charge in [-0.3, -0.25) is 0 Å². The molecular formula is C11H12BrN3S2. The van der Waals surface area contributed by atoms with E-state index in [1.165, 1.54) is 5.56 Å². The number of aromatic nitrogens is 2. The molecule has 0 fully saturated rings. The lowest BCUT2D eigenvalue weighted by atomic mass is 10.2.